The largest absolute Gasteiger partial charge is 0.416 e. The van der Waals surface area contributed by atoms with Gasteiger partial charge in [-0.1, -0.05) is 56.0 Å². The van der Waals surface area contributed by atoms with Gasteiger partial charge in [-0.05, 0) is 78.0 Å². The van der Waals surface area contributed by atoms with E-state index in [9.17, 15) is 18.3 Å². The Morgan fingerprint density at radius 3 is 2.09 bits per heavy atom. The standard InChI is InChI=1S/C25H28Cl2F3NO/c1-3-5-9-31(10-6-4-2)15-24(32)22-14-21-20(12-17(26)13-23(21)27)19-11-16(25(28,29)30)7-8-18(19)22/h7-8,11-14,24,32H,3-6,9-10,15H2,1-2H3. The fraction of sp³-hybridized carbons (Fsp3) is 0.440. The second kappa shape index (κ2) is 10.6. The second-order valence-corrected chi connectivity index (χ2v) is 9.07. The Morgan fingerprint density at radius 2 is 1.50 bits per heavy atom. The minimum atomic E-state index is -4.48. The summed E-state index contributed by atoms with van der Waals surface area (Å²) >= 11 is 12.6. The van der Waals surface area contributed by atoms with Crippen molar-refractivity contribution < 1.29 is 18.3 Å². The SMILES string of the molecule is CCCCN(CCCC)CC(O)c1cc2c(Cl)cc(Cl)cc2c2cc(C(F)(F)F)ccc12. The molecule has 0 spiro atoms. The van der Waals surface area contributed by atoms with Gasteiger partial charge in [0.05, 0.1) is 11.7 Å². The van der Waals surface area contributed by atoms with Gasteiger partial charge in [0.15, 0.2) is 0 Å². The summed E-state index contributed by atoms with van der Waals surface area (Å²) in [6.45, 7) is 6.39. The van der Waals surface area contributed by atoms with Crippen LogP contribution in [0.2, 0.25) is 10.0 Å². The first-order valence-electron chi connectivity index (χ1n) is 11.0. The van der Waals surface area contributed by atoms with Crippen LogP contribution < -0.4 is 0 Å². The van der Waals surface area contributed by atoms with Crippen molar-refractivity contribution in [1.29, 1.82) is 0 Å². The molecule has 0 saturated carbocycles. The zero-order chi connectivity index (χ0) is 23.5. The Balaban J connectivity index is 2.14. The quantitative estimate of drug-likeness (QED) is 0.308. The number of rotatable bonds is 9. The predicted octanol–water partition coefficient (Wildman–Crippen LogP) is 8.25. The van der Waals surface area contributed by atoms with Crippen molar-refractivity contribution in [2.45, 2.75) is 51.8 Å². The van der Waals surface area contributed by atoms with Gasteiger partial charge in [0.1, 0.15) is 0 Å². The molecule has 0 heterocycles. The fourth-order valence-electron chi connectivity index (χ4n) is 4.06. The van der Waals surface area contributed by atoms with Gasteiger partial charge in [0.25, 0.3) is 0 Å². The van der Waals surface area contributed by atoms with E-state index in [1.54, 1.807) is 18.2 Å². The van der Waals surface area contributed by atoms with Crippen molar-refractivity contribution in [3.05, 3.63) is 57.6 Å². The normalized spacial score (nSPS) is 13.4. The molecule has 3 aromatic carbocycles. The van der Waals surface area contributed by atoms with Crippen LogP contribution in [0.3, 0.4) is 0 Å². The third-order valence-electron chi connectivity index (χ3n) is 5.79. The van der Waals surface area contributed by atoms with E-state index in [1.807, 2.05) is 0 Å². The van der Waals surface area contributed by atoms with Crippen molar-refractivity contribution in [2.75, 3.05) is 19.6 Å². The molecule has 1 unspecified atom stereocenters. The molecule has 0 aliphatic heterocycles. The first kappa shape index (κ1) is 25.1. The molecule has 1 N–H and O–H groups in total. The van der Waals surface area contributed by atoms with Gasteiger partial charge in [0.2, 0.25) is 0 Å². The molecule has 0 aliphatic rings. The average molecular weight is 486 g/mol. The lowest BCUT2D eigenvalue weighted by Crippen LogP contribution is -2.30. The molecule has 0 radical (unpaired) electrons. The third kappa shape index (κ3) is 5.69. The summed E-state index contributed by atoms with van der Waals surface area (Å²) in [6.07, 6.45) is -1.20. The number of hydrogen-bond donors (Lipinski definition) is 1. The van der Waals surface area contributed by atoms with E-state index in [0.29, 0.717) is 43.7 Å². The van der Waals surface area contributed by atoms with Crippen molar-refractivity contribution in [3.8, 4) is 0 Å². The molecule has 0 saturated heterocycles. The van der Waals surface area contributed by atoms with Crippen LogP contribution >= 0.6 is 23.2 Å². The highest BCUT2D eigenvalue weighted by molar-refractivity contribution is 6.39. The van der Waals surface area contributed by atoms with Gasteiger partial charge < -0.3 is 10.0 Å². The summed E-state index contributed by atoms with van der Waals surface area (Å²) in [7, 11) is 0. The van der Waals surface area contributed by atoms with E-state index in [-0.39, 0.29) is 0 Å². The Kier molecular flexibility index (Phi) is 8.31. The fourth-order valence-corrected chi connectivity index (χ4v) is 4.61. The molecule has 32 heavy (non-hydrogen) atoms. The molecule has 1 atom stereocenters. The van der Waals surface area contributed by atoms with E-state index in [4.69, 9.17) is 23.2 Å². The van der Waals surface area contributed by atoms with Crippen LogP contribution in [0.5, 0.6) is 0 Å². The number of hydrogen-bond acceptors (Lipinski definition) is 2. The number of fused-ring (bicyclic) bond motifs is 3. The molecular weight excluding hydrogens is 458 g/mol. The van der Waals surface area contributed by atoms with Crippen LogP contribution in [0.1, 0.15) is 56.8 Å². The Labute approximate surface area is 196 Å². The minimum absolute atomic E-state index is 0.342. The summed E-state index contributed by atoms with van der Waals surface area (Å²) in [5.74, 6) is 0. The maximum absolute atomic E-state index is 13.4. The first-order chi connectivity index (χ1) is 15.2. The van der Waals surface area contributed by atoms with Crippen molar-refractivity contribution >= 4 is 44.7 Å². The molecule has 0 amide bonds. The summed E-state index contributed by atoms with van der Waals surface area (Å²) < 4.78 is 40.3. The van der Waals surface area contributed by atoms with E-state index < -0.39 is 17.8 Å². The van der Waals surface area contributed by atoms with Crippen LogP contribution in [0.25, 0.3) is 21.5 Å². The van der Waals surface area contributed by atoms with Crippen LogP contribution in [0.4, 0.5) is 13.2 Å². The molecule has 3 aromatic rings. The number of aliphatic hydroxyl groups is 1. The highest BCUT2D eigenvalue weighted by Crippen LogP contribution is 2.40. The number of aliphatic hydroxyl groups excluding tert-OH is 1. The van der Waals surface area contributed by atoms with Gasteiger partial charge in [-0.25, -0.2) is 0 Å². The molecule has 0 aromatic heterocycles. The lowest BCUT2D eigenvalue weighted by molar-refractivity contribution is -0.137. The summed E-state index contributed by atoms with van der Waals surface area (Å²) in [6, 6.07) is 8.58. The molecule has 2 nitrogen and oxygen atoms in total. The van der Waals surface area contributed by atoms with Gasteiger partial charge in [-0.2, -0.15) is 13.2 Å². The molecule has 0 aliphatic carbocycles. The molecule has 174 valence electrons. The van der Waals surface area contributed by atoms with Crippen molar-refractivity contribution in [3.63, 3.8) is 0 Å². The van der Waals surface area contributed by atoms with Crippen LogP contribution in [0.15, 0.2) is 36.4 Å². The van der Waals surface area contributed by atoms with Gasteiger partial charge in [0, 0.05) is 22.0 Å². The van der Waals surface area contributed by atoms with Gasteiger partial charge in [-0.3, -0.25) is 0 Å². The van der Waals surface area contributed by atoms with E-state index >= 15 is 0 Å². The van der Waals surface area contributed by atoms with E-state index in [0.717, 1.165) is 50.9 Å². The Hall–Kier alpha value is -1.53. The molecular formula is C25H28Cl2F3NO. The zero-order valence-electron chi connectivity index (χ0n) is 18.3. The van der Waals surface area contributed by atoms with Crippen LogP contribution in [-0.2, 0) is 6.18 Å². The molecule has 0 bridgehead atoms. The van der Waals surface area contributed by atoms with Gasteiger partial charge >= 0.3 is 6.18 Å². The van der Waals surface area contributed by atoms with E-state index in [2.05, 4.69) is 18.7 Å². The van der Waals surface area contributed by atoms with Crippen LogP contribution in [-0.4, -0.2) is 29.6 Å². The number of benzene rings is 3. The number of nitrogens with zero attached hydrogens (tertiary/aromatic N) is 1. The second-order valence-electron chi connectivity index (χ2n) is 8.23. The van der Waals surface area contributed by atoms with Crippen molar-refractivity contribution in [2.24, 2.45) is 0 Å². The zero-order valence-corrected chi connectivity index (χ0v) is 19.8. The predicted molar refractivity (Wildman–Crippen MR) is 128 cm³/mol. The molecule has 3 rings (SSSR count). The average Bonchev–Trinajstić information content (AvgIpc) is 2.74. The number of halogens is 5. The van der Waals surface area contributed by atoms with Gasteiger partial charge in [-0.15, -0.1) is 0 Å². The maximum atomic E-state index is 13.4. The maximum Gasteiger partial charge on any atom is 0.416 e. The Morgan fingerprint density at radius 1 is 0.875 bits per heavy atom. The lowest BCUT2D eigenvalue weighted by Gasteiger charge is -2.26. The third-order valence-corrected chi connectivity index (χ3v) is 6.32. The first-order valence-corrected chi connectivity index (χ1v) is 11.7. The van der Waals surface area contributed by atoms with Crippen LogP contribution in [0, 0.1) is 0 Å². The molecule has 0 fully saturated rings. The number of alkyl halides is 3. The van der Waals surface area contributed by atoms with Crippen molar-refractivity contribution in [1.82, 2.24) is 4.90 Å². The highest BCUT2D eigenvalue weighted by atomic mass is 35.5. The van der Waals surface area contributed by atoms with E-state index in [1.165, 1.54) is 6.07 Å². The summed E-state index contributed by atoms with van der Waals surface area (Å²) in [5, 5.41) is 13.9. The smallest absolute Gasteiger partial charge is 0.387 e. The summed E-state index contributed by atoms with van der Waals surface area (Å²) in [4.78, 5) is 2.22. The topological polar surface area (TPSA) is 23.5 Å². The minimum Gasteiger partial charge on any atom is -0.387 e. The number of unbranched alkanes of at least 4 members (excludes halogenated alkanes) is 2. The molecule has 7 heteroatoms. The summed E-state index contributed by atoms with van der Waals surface area (Å²) in [5.41, 5.74) is -0.176. The Bertz CT molecular complexity index is 1080. The lowest BCUT2D eigenvalue weighted by atomic mass is 9.93. The monoisotopic (exact) mass is 485 g/mol. The highest BCUT2D eigenvalue weighted by Gasteiger charge is 2.31.